The summed E-state index contributed by atoms with van der Waals surface area (Å²) in [7, 11) is 0. The van der Waals surface area contributed by atoms with E-state index in [2.05, 4.69) is 10.1 Å². The topological polar surface area (TPSA) is 81.1 Å². The minimum Gasteiger partial charge on any atom is -0.477 e. The smallest absolute Gasteiger partial charge is 0.352 e. The summed E-state index contributed by atoms with van der Waals surface area (Å²) in [5.74, 6) is -0.557. The molecule has 0 aliphatic rings. The van der Waals surface area contributed by atoms with Gasteiger partial charge in [-0.2, -0.15) is 4.98 Å². The number of aryl methyl sites for hydroxylation is 2. The highest BCUT2D eigenvalue weighted by atomic mass is 35.5. The maximum atomic E-state index is 10.9. The number of carboxylic acids is 1. The molecule has 2 heterocycles. The van der Waals surface area contributed by atoms with E-state index in [9.17, 15) is 4.79 Å². The van der Waals surface area contributed by atoms with Crippen LogP contribution in [0.2, 0.25) is 5.02 Å². The molecular weight excluding hydrogens is 234 g/mol. The molecule has 0 spiro atoms. The van der Waals surface area contributed by atoms with E-state index >= 15 is 0 Å². The third kappa shape index (κ3) is 2.22. The highest BCUT2D eigenvalue weighted by Gasteiger charge is 2.12. The maximum Gasteiger partial charge on any atom is 0.352 e. The van der Waals surface area contributed by atoms with Crippen molar-refractivity contribution in [1.82, 2.24) is 14.7 Å². The van der Waals surface area contributed by atoms with Crippen LogP contribution in [0.25, 0.3) is 0 Å². The summed E-state index contributed by atoms with van der Waals surface area (Å²) >= 11 is 5.73. The van der Waals surface area contributed by atoms with Crippen LogP contribution in [0.5, 0.6) is 0 Å². The molecule has 0 saturated carbocycles. The molecule has 0 unspecified atom stereocenters. The van der Waals surface area contributed by atoms with Crippen molar-refractivity contribution in [1.29, 1.82) is 0 Å². The van der Waals surface area contributed by atoms with Crippen molar-refractivity contribution in [2.24, 2.45) is 0 Å². The Kier molecular flexibility index (Phi) is 2.91. The van der Waals surface area contributed by atoms with Gasteiger partial charge in [-0.25, -0.2) is 4.79 Å². The number of aromatic carboxylic acids is 1. The molecule has 0 aromatic carbocycles. The van der Waals surface area contributed by atoms with Gasteiger partial charge in [0.1, 0.15) is 5.69 Å². The van der Waals surface area contributed by atoms with Crippen LogP contribution in [0.1, 0.15) is 16.4 Å². The average molecular weight is 242 g/mol. The van der Waals surface area contributed by atoms with Gasteiger partial charge in [0, 0.05) is 19.2 Å². The summed E-state index contributed by atoms with van der Waals surface area (Å²) < 4.78 is 6.34. The Morgan fingerprint density at radius 2 is 2.44 bits per heavy atom. The summed E-state index contributed by atoms with van der Waals surface area (Å²) in [6.07, 6.45) is 3.32. The third-order valence-corrected chi connectivity index (χ3v) is 2.26. The van der Waals surface area contributed by atoms with Gasteiger partial charge in [0.15, 0.2) is 6.33 Å². The molecule has 84 valence electrons. The average Bonchev–Trinajstić information content (AvgIpc) is 2.83. The Bertz CT molecular complexity index is 492. The molecule has 0 aliphatic carbocycles. The molecule has 0 atom stereocenters. The number of halogens is 1. The van der Waals surface area contributed by atoms with E-state index in [0.29, 0.717) is 23.9 Å². The Hall–Kier alpha value is -1.82. The lowest BCUT2D eigenvalue weighted by molar-refractivity contribution is 0.0685. The fourth-order valence-corrected chi connectivity index (χ4v) is 1.58. The summed E-state index contributed by atoms with van der Waals surface area (Å²) in [6.45, 7) is 0.427. The van der Waals surface area contributed by atoms with Crippen molar-refractivity contribution in [2.45, 2.75) is 13.0 Å². The number of carboxylic acid groups (broad SMARTS) is 1. The Morgan fingerprint density at radius 3 is 3.06 bits per heavy atom. The van der Waals surface area contributed by atoms with Crippen LogP contribution in [-0.2, 0) is 13.0 Å². The fraction of sp³-hybridized carbons (Fsp3) is 0.222. The van der Waals surface area contributed by atoms with Gasteiger partial charge in [-0.1, -0.05) is 16.8 Å². The minimum atomic E-state index is -1.02. The number of rotatable bonds is 4. The number of nitrogens with zero attached hydrogens (tertiary/aromatic N) is 3. The lowest BCUT2D eigenvalue weighted by atomic mass is 10.4. The van der Waals surface area contributed by atoms with E-state index in [1.165, 1.54) is 17.0 Å². The van der Waals surface area contributed by atoms with Crippen molar-refractivity contribution in [3.05, 3.63) is 35.2 Å². The third-order valence-electron chi connectivity index (χ3n) is 2.06. The van der Waals surface area contributed by atoms with Crippen molar-refractivity contribution in [2.75, 3.05) is 0 Å². The van der Waals surface area contributed by atoms with Crippen LogP contribution < -0.4 is 0 Å². The molecule has 0 aliphatic heterocycles. The van der Waals surface area contributed by atoms with Gasteiger partial charge in [0.2, 0.25) is 5.89 Å². The predicted molar refractivity (Wildman–Crippen MR) is 54.4 cm³/mol. The lowest BCUT2D eigenvalue weighted by Gasteiger charge is -2.02. The number of aromatic nitrogens is 3. The van der Waals surface area contributed by atoms with Crippen molar-refractivity contribution < 1.29 is 14.4 Å². The largest absolute Gasteiger partial charge is 0.477 e. The molecule has 1 N–H and O–H groups in total. The molecule has 0 radical (unpaired) electrons. The second-order valence-corrected chi connectivity index (χ2v) is 3.56. The monoisotopic (exact) mass is 241 g/mol. The van der Waals surface area contributed by atoms with E-state index in [0.717, 1.165) is 0 Å². The highest BCUT2D eigenvalue weighted by Crippen LogP contribution is 2.14. The van der Waals surface area contributed by atoms with Gasteiger partial charge in [-0.15, -0.1) is 0 Å². The molecule has 16 heavy (non-hydrogen) atoms. The van der Waals surface area contributed by atoms with Crippen LogP contribution >= 0.6 is 11.6 Å². The van der Waals surface area contributed by atoms with Crippen molar-refractivity contribution >= 4 is 17.6 Å². The SMILES string of the molecule is O=C(O)c1cc(Cl)cn1CCc1ncno1. The normalized spacial score (nSPS) is 10.6. The van der Waals surface area contributed by atoms with Crippen LogP contribution in [0, 0.1) is 0 Å². The standard InChI is InChI=1S/C9H8ClN3O3/c10-6-3-7(9(14)15)13(4-6)2-1-8-11-5-12-16-8/h3-5H,1-2H2,(H,14,15). The van der Waals surface area contributed by atoms with Gasteiger partial charge in [-0.3, -0.25) is 0 Å². The molecule has 2 aromatic rings. The first-order valence-corrected chi connectivity index (χ1v) is 4.89. The predicted octanol–water partition coefficient (Wildman–Crippen LogP) is 1.47. The summed E-state index contributed by atoms with van der Waals surface area (Å²) in [4.78, 5) is 14.7. The Labute approximate surface area is 95.4 Å². The van der Waals surface area contributed by atoms with Crippen molar-refractivity contribution in [3.8, 4) is 0 Å². The Balaban J connectivity index is 2.12. The molecule has 0 bridgehead atoms. The quantitative estimate of drug-likeness (QED) is 0.877. The van der Waals surface area contributed by atoms with Crippen LogP contribution in [0.4, 0.5) is 0 Å². The van der Waals surface area contributed by atoms with Gasteiger partial charge in [0.05, 0.1) is 5.02 Å². The lowest BCUT2D eigenvalue weighted by Crippen LogP contribution is -2.09. The highest BCUT2D eigenvalue weighted by molar-refractivity contribution is 6.30. The van der Waals surface area contributed by atoms with Gasteiger partial charge >= 0.3 is 5.97 Å². The Morgan fingerprint density at radius 1 is 1.62 bits per heavy atom. The number of hydrogen-bond acceptors (Lipinski definition) is 4. The van der Waals surface area contributed by atoms with Crippen molar-refractivity contribution in [3.63, 3.8) is 0 Å². The minimum absolute atomic E-state index is 0.143. The zero-order chi connectivity index (χ0) is 11.5. The molecule has 7 heteroatoms. The van der Waals surface area contributed by atoms with Crippen LogP contribution in [0.15, 0.2) is 23.1 Å². The zero-order valence-corrected chi connectivity index (χ0v) is 8.89. The van der Waals surface area contributed by atoms with E-state index in [1.54, 1.807) is 6.20 Å². The maximum absolute atomic E-state index is 10.9. The first-order valence-electron chi connectivity index (χ1n) is 4.51. The second kappa shape index (κ2) is 4.36. The summed E-state index contributed by atoms with van der Waals surface area (Å²) in [6, 6.07) is 1.40. The molecule has 0 fully saturated rings. The van der Waals surface area contributed by atoms with E-state index in [4.69, 9.17) is 21.2 Å². The van der Waals surface area contributed by atoms with Gasteiger partial charge < -0.3 is 14.2 Å². The first kappa shape index (κ1) is 10.7. The molecule has 0 saturated heterocycles. The molecule has 2 aromatic heterocycles. The van der Waals surface area contributed by atoms with Gasteiger partial charge in [-0.05, 0) is 6.07 Å². The van der Waals surface area contributed by atoms with E-state index < -0.39 is 5.97 Å². The molecule has 6 nitrogen and oxygen atoms in total. The molecular formula is C9H8ClN3O3. The molecule has 0 amide bonds. The number of carbonyl (C=O) groups is 1. The van der Waals surface area contributed by atoms with E-state index in [-0.39, 0.29) is 5.69 Å². The fourth-order valence-electron chi connectivity index (χ4n) is 1.36. The first-order chi connectivity index (χ1) is 7.66. The summed E-state index contributed by atoms with van der Waals surface area (Å²) in [5.41, 5.74) is 0.143. The van der Waals surface area contributed by atoms with Gasteiger partial charge in [0.25, 0.3) is 0 Å². The second-order valence-electron chi connectivity index (χ2n) is 3.13. The summed E-state index contributed by atoms with van der Waals surface area (Å²) in [5, 5.41) is 12.8. The zero-order valence-electron chi connectivity index (χ0n) is 8.13. The van der Waals surface area contributed by atoms with E-state index in [1.807, 2.05) is 0 Å². The van der Waals surface area contributed by atoms with Crippen LogP contribution in [-0.4, -0.2) is 25.8 Å². The van der Waals surface area contributed by atoms with Crippen LogP contribution in [0.3, 0.4) is 0 Å². The number of hydrogen-bond donors (Lipinski definition) is 1. The molecule has 2 rings (SSSR count).